The fourth-order valence-electron chi connectivity index (χ4n) is 2.99. The Morgan fingerprint density at radius 2 is 1.90 bits per heavy atom. The van der Waals surface area contributed by atoms with Crippen molar-refractivity contribution in [3.8, 4) is 0 Å². The van der Waals surface area contributed by atoms with E-state index >= 15 is 0 Å². The highest BCUT2D eigenvalue weighted by Gasteiger charge is 2.22. The molecule has 2 aromatic carbocycles. The molecular weight excluding hydrogens is 254 g/mol. The fourth-order valence-corrected chi connectivity index (χ4v) is 2.99. The zero-order valence-electron chi connectivity index (χ0n) is 11.2. The molecule has 0 saturated heterocycles. The van der Waals surface area contributed by atoms with Crippen LogP contribution in [0.1, 0.15) is 34.6 Å². The number of rotatable bonds is 2. The highest BCUT2D eigenvalue weighted by atomic mass is 19.1. The summed E-state index contributed by atoms with van der Waals surface area (Å²) in [7, 11) is 0. The number of benzene rings is 2. The molecule has 0 amide bonds. The first-order valence-electron chi connectivity index (χ1n) is 6.86. The summed E-state index contributed by atoms with van der Waals surface area (Å²) in [5.74, 6) is -0.276. The van der Waals surface area contributed by atoms with Crippen LogP contribution in [0.2, 0.25) is 0 Å². The summed E-state index contributed by atoms with van der Waals surface area (Å²) in [6.45, 7) is 3.65. The van der Waals surface area contributed by atoms with Crippen molar-refractivity contribution >= 4 is 6.08 Å². The molecule has 0 aliphatic heterocycles. The van der Waals surface area contributed by atoms with Gasteiger partial charge < -0.3 is 0 Å². The van der Waals surface area contributed by atoms with Crippen LogP contribution in [0.15, 0.2) is 43.0 Å². The summed E-state index contributed by atoms with van der Waals surface area (Å²) in [6.07, 6.45) is 4.13. The first-order chi connectivity index (χ1) is 9.67. The Bertz CT molecular complexity index is 658. The number of hydrogen-bond acceptors (Lipinski definition) is 0. The van der Waals surface area contributed by atoms with Gasteiger partial charge in [-0.2, -0.15) is 0 Å². The molecule has 1 aliphatic carbocycles. The molecule has 102 valence electrons. The Hall–Kier alpha value is -1.96. The van der Waals surface area contributed by atoms with Crippen molar-refractivity contribution in [2.24, 2.45) is 0 Å². The fraction of sp³-hybridized carbons (Fsp3) is 0.222. The van der Waals surface area contributed by atoms with Gasteiger partial charge in [0.25, 0.3) is 0 Å². The summed E-state index contributed by atoms with van der Waals surface area (Å²) in [5, 5.41) is 0. The molecule has 0 spiro atoms. The van der Waals surface area contributed by atoms with E-state index in [9.17, 15) is 8.78 Å². The Morgan fingerprint density at radius 1 is 1.05 bits per heavy atom. The molecule has 0 N–H and O–H groups in total. The molecule has 2 heteroatoms. The molecule has 0 nitrogen and oxygen atoms in total. The third kappa shape index (κ3) is 2.38. The van der Waals surface area contributed by atoms with Crippen molar-refractivity contribution in [2.45, 2.75) is 25.2 Å². The molecule has 0 bridgehead atoms. The maximum Gasteiger partial charge on any atom is 0.127 e. The summed E-state index contributed by atoms with van der Waals surface area (Å²) in [4.78, 5) is 0. The van der Waals surface area contributed by atoms with E-state index in [1.807, 2.05) is 18.2 Å². The van der Waals surface area contributed by atoms with Gasteiger partial charge in [0.15, 0.2) is 0 Å². The summed E-state index contributed by atoms with van der Waals surface area (Å²) in [6, 6.07) is 10.2. The van der Waals surface area contributed by atoms with Gasteiger partial charge in [0.05, 0.1) is 0 Å². The van der Waals surface area contributed by atoms with Crippen molar-refractivity contribution in [3.05, 3.63) is 76.9 Å². The van der Waals surface area contributed by atoms with Crippen molar-refractivity contribution in [3.63, 3.8) is 0 Å². The molecule has 1 unspecified atom stereocenters. The van der Waals surface area contributed by atoms with Crippen LogP contribution in [0, 0.1) is 11.6 Å². The normalized spacial score (nSPS) is 17.6. The zero-order valence-corrected chi connectivity index (χ0v) is 11.2. The second-order valence-corrected chi connectivity index (χ2v) is 5.34. The average Bonchev–Trinajstić information content (AvgIpc) is 2.46. The highest BCUT2D eigenvalue weighted by molar-refractivity contribution is 5.48. The quantitative estimate of drug-likeness (QED) is 0.729. The van der Waals surface area contributed by atoms with Crippen LogP contribution in [-0.2, 0) is 12.8 Å². The van der Waals surface area contributed by atoms with Gasteiger partial charge in [0.2, 0.25) is 0 Å². The predicted molar refractivity (Wildman–Crippen MR) is 77.7 cm³/mol. The first kappa shape index (κ1) is 13.0. The van der Waals surface area contributed by atoms with E-state index in [2.05, 4.69) is 6.58 Å². The maximum atomic E-state index is 14.2. The second kappa shape index (κ2) is 5.20. The first-order valence-corrected chi connectivity index (χ1v) is 6.86. The third-order valence-corrected chi connectivity index (χ3v) is 4.10. The van der Waals surface area contributed by atoms with E-state index in [0.717, 1.165) is 29.5 Å². The van der Waals surface area contributed by atoms with Gasteiger partial charge in [-0.1, -0.05) is 30.9 Å². The van der Waals surface area contributed by atoms with E-state index in [1.165, 1.54) is 17.7 Å². The number of aryl methyl sites for hydroxylation is 1. The number of halogens is 2. The van der Waals surface area contributed by atoms with Gasteiger partial charge >= 0.3 is 0 Å². The molecule has 1 atom stereocenters. The Kier molecular flexibility index (Phi) is 3.39. The monoisotopic (exact) mass is 270 g/mol. The molecule has 20 heavy (non-hydrogen) atoms. The summed E-state index contributed by atoms with van der Waals surface area (Å²) < 4.78 is 27.5. The molecule has 0 radical (unpaired) electrons. The van der Waals surface area contributed by atoms with Crippen molar-refractivity contribution in [1.29, 1.82) is 0 Å². The Labute approximate surface area is 117 Å². The van der Waals surface area contributed by atoms with Gasteiger partial charge in [-0.25, -0.2) is 8.78 Å². The van der Waals surface area contributed by atoms with Crippen molar-refractivity contribution in [2.75, 3.05) is 0 Å². The largest absolute Gasteiger partial charge is 0.207 e. The molecule has 0 saturated carbocycles. The lowest BCUT2D eigenvalue weighted by atomic mass is 9.80. The molecule has 3 rings (SSSR count). The minimum atomic E-state index is -0.216. The van der Waals surface area contributed by atoms with E-state index < -0.39 is 0 Å². The van der Waals surface area contributed by atoms with E-state index in [-0.39, 0.29) is 17.6 Å². The number of fused-ring (bicyclic) bond motifs is 1. The van der Waals surface area contributed by atoms with Crippen LogP contribution in [0.4, 0.5) is 8.78 Å². The molecule has 0 aromatic heterocycles. The molecule has 0 heterocycles. The van der Waals surface area contributed by atoms with Crippen LogP contribution in [0.25, 0.3) is 6.08 Å². The van der Waals surface area contributed by atoms with Gasteiger partial charge in [-0.3, -0.25) is 0 Å². The van der Waals surface area contributed by atoms with Crippen LogP contribution in [0.3, 0.4) is 0 Å². The lowest BCUT2D eigenvalue weighted by Gasteiger charge is -2.25. The van der Waals surface area contributed by atoms with Crippen LogP contribution in [0.5, 0.6) is 0 Å². The molecule has 0 fully saturated rings. The van der Waals surface area contributed by atoms with Crippen LogP contribution >= 0.6 is 0 Å². The van der Waals surface area contributed by atoms with Gasteiger partial charge in [0.1, 0.15) is 11.6 Å². The molecule has 2 aromatic rings. The minimum Gasteiger partial charge on any atom is -0.207 e. The van der Waals surface area contributed by atoms with Crippen molar-refractivity contribution < 1.29 is 8.78 Å². The lowest BCUT2D eigenvalue weighted by molar-refractivity contribution is 0.530. The highest BCUT2D eigenvalue weighted by Crippen LogP contribution is 2.34. The van der Waals surface area contributed by atoms with Crippen molar-refractivity contribution in [1.82, 2.24) is 0 Å². The minimum absolute atomic E-state index is 0.128. The van der Waals surface area contributed by atoms with E-state index in [4.69, 9.17) is 0 Å². The topological polar surface area (TPSA) is 0 Å². The molecule has 1 aliphatic rings. The van der Waals surface area contributed by atoms with E-state index in [0.29, 0.717) is 6.42 Å². The Morgan fingerprint density at radius 3 is 2.65 bits per heavy atom. The Balaban J connectivity index is 1.91. The average molecular weight is 270 g/mol. The summed E-state index contributed by atoms with van der Waals surface area (Å²) >= 11 is 0. The second-order valence-electron chi connectivity index (χ2n) is 5.34. The standard InChI is InChI=1S/C18H16F2/c1-2-12-3-8-17(18(20)9-12)14-5-4-13-6-7-16(19)11-15(13)10-14/h2-3,6-9,11,14H,1,4-5,10H2. The lowest BCUT2D eigenvalue weighted by Crippen LogP contribution is -2.14. The maximum absolute atomic E-state index is 14.2. The van der Waals surface area contributed by atoms with Gasteiger partial charge in [0, 0.05) is 0 Å². The van der Waals surface area contributed by atoms with E-state index in [1.54, 1.807) is 12.1 Å². The van der Waals surface area contributed by atoms with Crippen LogP contribution < -0.4 is 0 Å². The number of hydrogen-bond donors (Lipinski definition) is 0. The SMILES string of the molecule is C=Cc1ccc(C2CCc3ccc(F)cc3C2)c(F)c1. The summed E-state index contributed by atoms with van der Waals surface area (Å²) in [5.41, 5.74) is 3.71. The third-order valence-electron chi connectivity index (χ3n) is 4.10. The predicted octanol–water partition coefficient (Wildman–Crippen LogP) is 4.88. The van der Waals surface area contributed by atoms with Gasteiger partial charge in [-0.15, -0.1) is 0 Å². The smallest absolute Gasteiger partial charge is 0.127 e. The van der Waals surface area contributed by atoms with Gasteiger partial charge in [-0.05, 0) is 65.6 Å². The molecular formula is C18H16F2. The zero-order chi connectivity index (χ0) is 14.1. The van der Waals surface area contributed by atoms with Crippen LogP contribution in [-0.4, -0.2) is 0 Å².